The van der Waals surface area contributed by atoms with Gasteiger partial charge in [-0.1, -0.05) is 31.1 Å². The van der Waals surface area contributed by atoms with Gasteiger partial charge < -0.3 is 10.3 Å². The molecule has 4 nitrogen and oxygen atoms in total. The second-order valence-corrected chi connectivity index (χ2v) is 9.18. The number of benzene rings is 1. The molecule has 30 heavy (non-hydrogen) atoms. The van der Waals surface area contributed by atoms with E-state index in [1.165, 1.54) is 37.9 Å². The molecule has 0 unspecified atom stereocenters. The van der Waals surface area contributed by atoms with Crippen molar-refractivity contribution in [2.45, 2.75) is 52.0 Å². The van der Waals surface area contributed by atoms with Crippen LogP contribution in [0.2, 0.25) is 0 Å². The third-order valence-corrected chi connectivity index (χ3v) is 5.48. The lowest BCUT2D eigenvalue weighted by molar-refractivity contribution is 0.0919. The first-order chi connectivity index (χ1) is 14.3. The maximum absolute atomic E-state index is 13.6. The van der Waals surface area contributed by atoms with Crippen LogP contribution in [0, 0.1) is 11.7 Å². The number of halogens is 1. The number of rotatable bonds is 4. The van der Waals surface area contributed by atoms with Crippen LogP contribution in [0.4, 0.5) is 4.39 Å². The third-order valence-electron chi connectivity index (χ3n) is 5.48. The van der Waals surface area contributed by atoms with Gasteiger partial charge in [-0.25, -0.2) is 9.37 Å². The van der Waals surface area contributed by atoms with Crippen molar-refractivity contribution in [1.82, 2.24) is 15.3 Å². The fourth-order valence-corrected chi connectivity index (χ4v) is 4.05. The standard InChI is InChI=1S/C25H28FN3O/c1-25(2,3)29-24(30)18-10-8-17(9-11-18)21(12-16-6-4-5-7-16)22-14-19-13-20(26)15-27-23(19)28-22/h8-16H,4-7H2,1-3H3,(H,27,28)(H,29,30)/b21-12-. The van der Waals surface area contributed by atoms with Crippen LogP contribution in [0.5, 0.6) is 0 Å². The SMILES string of the molecule is CC(C)(C)NC(=O)c1ccc(/C(=C/C2CCCC2)c2cc3cc(F)cnc3[nH]2)cc1. The van der Waals surface area contributed by atoms with Gasteiger partial charge in [-0.15, -0.1) is 0 Å². The first-order valence-corrected chi connectivity index (χ1v) is 10.6. The molecule has 1 aliphatic carbocycles. The second kappa shape index (κ2) is 8.05. The Kier molecular flexibility index (Phi) is 5.46. The minimum atomic E-state index is -0.344. The Morgan fingerprint density at radius 1 is 1.13 bits per heavy atom. The number of carbonyl (C=O) groups is 1. The topological polar surface area (TPSA) is 57.8 Å². The summed E-state index contributed by atoms with van der Waals surface area (Å²) in [6.45, 7) is 5.90. The maximum atomic E-state index is 13.6. The average molecular weight is 406 g/mol. The molecule has 0 saturated heterocycles. The van der Waals surface area contributed by atoms with Crippen molar-refractivity contribution in [3.63, 3.8) is 0 Å². The number of aromatic amines is 1. The number of H-pyrrole nitrogens is 1. The van der Waals surface area contributed by atoms with Gasteiger partial charge in [0, 0.05) is 27.8 Å². The number of amides is 1. The van der Waals surface area contributed by atoms with Gasteiger partial charge >= 0.3 is 0 Å². The number of hydrogen-bond donors (Lipinski definition) is 2. The summed E-state index contributed by atoms with van der Waals surface area (Å²) in [5, 5.41) is 3.75. The zero-order valence-electron chi connectivity index (χ0n) is 17.8. The highest BCUT2D eigenvalue weighted by Gasteiger charge is 2.18. The zero-order valence-corrected chi connectivity index (χ0v) is 17.8. The van der Waals surface area contributed by atoms with Crippen molar-refractivity contribution in [2.75, 3.05) is 0 Å². The highest BCUT2D eigenvalue weighted by molar-refractivity contribution is 5.95. The van der Waals surface area contributed by atoms with Crippen LogP contribution in [0.3, 0.4) is 0 Å². The van der Waals surface area contributed by atoms with Crippen LogP contribution in [0.15, 0.2) is 48.7 Å². The van der Waals surface area contributed by atoms with Gasteiger partial charge in [0.05, 0.1) is 6.20 Å². The highest BCUT2D eigenvalue weighted by atomic mass is 19.1. The Morgan fingerprint density at radius 2 is 1.80 bits per heavy atom. The van der Waals surface area contributed by atoms with E-state index in [1.807, 2.05) is 51.1 Å². The molecule has 0 atom stereocenters. The summed E-state index contributed by atoms with van der Waals surface area (Å²) in [5.41, 5.74) is 4.04. The normalized spacial score (nSPS) is 15.7. The summed E-state index contributed by atoms with van der Waals surface area (Å²) in [7, 11) is 0. The molecular formula is C25H28FN3O. The third kappa shape index (κ3) is 4.61. The molecule has 2 aromatic heterocycles. The van der Waals surface area contributed by atoms with E-state index in [9.17, 15) is 9.18 Å². The van der Waals surface area contributed by atoms with Crippen molar-refractivity contribution in [1.29, 1.82) is 0 Å². The first kappa shape index (κ1) is 20.3. The van der Waals surface area contributed by atoms with Crippen LogP contribution in [-0.4, -0.2) is 21.4 Å². The molecule has 4 rings (SSSR count). The molecule has 2 N–H and O–H groups in total. The Hall–Kier alpha value is -2.95. The zero-order chi connectivity index (χ0) is 21.3. The fourth-order valence-electron chi connectivity index (χ4n) is 4.05. The predicted octanol–water partition coefficient (Wildman–Crippen LogP) is 5.85. The van der Waals surface area contributed by atoms with Gasteiger partial charge in [0.1, 0.15) is 11.5 Å². The molecule has 1 saturated carbocycles. The van der Waals surface area contributed by atoms with Gasteiger partial charge in [-0.05, 0) is 69.4 Å². The number of pyridine rings is 1. The molecule has 1 aliphatic rings. The van der Waals surface area contributed by atoms with Gasteiger partial charge in [0.2, 0.25) is 0 Å². The molecule has 2 heterocycles. The Bertz CT molecular complexity index is 1080. The molecule has 0 spiro atoms. The van der Waals surface area contributed by atoms with Crippen LogP contribution in [-0.2, 0) is 0 Å². The lowest BCUT2D eigenvalue weighted by atomic mass is 9.95. The minimum Gasteiger partial charge on any atom is -0.347 e. The van der Waals surface area contributed by atoms with E-state index in [-0.39, 0.29) is 17.3 Å². The van der Waals surface area contributed by atoms with Gasteiger partial charge in [-0.3, -0.25) is 4.79 Å². The number of aromatic nitrogens is 2. The summed E-state index contributed by atoms with van der Waals surface area (Å²) in [5.74, 6) is 0.101. The van der Waals surface area contributed by atoms with Crippen molar-refractivity contribution >= 4 is 22.5 Å². The van der Waals surface area contributed by atoms with E-state index < -0.39 is 0 Å². The van der Waals surface area contributed by atoms with E-state index in [4.69, 9.17) is 0 Å². The molecule has 0 radical (unpaired) electrons. The number of fused-ring (bicyclic) bond motifs is 1. The lowest BCUT2D eigenvalue weighted by Crippen LogP contribution is -2.40. The van der Waals surface area contributed by atoms with Crippen molar-refractivity contribution in [3.8, 4) is 0 Å². The van der Waals surface area contributed by atoms with Crippen LogP contribution >= 0.6 is 0 Å². The number of nitrogens with zero attached hydrogens (tertiary/aromatic N) is 1. The van der Waals surface area contributed by atoms with Crippen LogP contribution in [0.1, 0.15) is 68.1 Å². The maximum Gasteiger partial charge on any atom is 0.251 e. The molecule has 156 valence electrons. The summed E-state index contributed by atoms with van der Waals surface area (Å²) in [6.07, 6.45) is 8.41. The quantitative estimate of drug-likeness (QED) is 0.572. The average Bonchev–Trinajstić information content (AvgIpc) is 3.34. The van der Waals surface area contributed by atoms with E-state index in [0.717, 1.165) is 22.2 Å². The lowest BCUT2D eigenvalue weighted by Gasteiger charge is -2.20. The molecular weight excluding hydrogens is 377 g/mol. The Labute approximate surface area is 176 Å². The van der Waals surface area contributed by atoms with E-state index in [1.54, 1.807) is 0 Å². The molecule has 3 aromatic rings. The number of carbonyl (C=O) groups excluding carboxylic acids is 1. The molecule has 5 heteroatoms. The smallest absolute Gasteiger partial charge is 0.251 e. The first-order valence-electron chi connectivity index (χ1n) is 10.6. The molecule has 1 fully saturated rings. The molecule has 1 amide bonds. The van der Waals surface area contributed by atoms with Crippen LogP contribution in [0.25, 0.3) is 16.6 Å². The molecule has 1 aromatic carbocycles. The summed E-state index contributed by atoms with van der Waals surface area (Å²) < 4.78 is 13.6. The molecule has 0 bridgehead atoms. The van der Waals surface area contributed by atoms with E-state index in [0.29, 0.717) is 17.1 Å². The van der Waals surface area contributed by atoms with Gasteiger partial charge in [0.25, 0.3) is 5.91 Å². The Morgan fingerprint density at radius 3 is 2.47 bits per heavy atom. The number of nitrogens with one attached hydrogen (secondary N) is 2. The van der Waals surface area contributed by atoms with Crippen molar-refractivity contribution in [2.24, 2.45) is 5.92 Å². The van der Waals surface area contributed by atoms with Crippen molar-refractivity contribution < 1.29 is 9.18 Å². The number of allylic oxidation sites excluding steroid dienone is 1. The van der Waals surface area contributed by atoms with E-state index >= 15 is 0 Å². The van der Waals surface area contributed by atoms with Crippen molar-refractivity contribution in [3.05, 3.63) is 71.3 Å². The van der Waals surface area contributed by atoms with Gasteiger partial charge in [0.15, 0.2) is 0 Å². The summed E-state index contributed by atoms with van der Waals surface area (Å²) in [6, 6.07) is 11.1. The monoisotopic (exact) mass is 405 g/mol. The predicted molar refractivity (Wildman–Crippen MR) is 119 cm³/mol. The van der Waals surface area contributed by atoms with Gasteiger partial charge in [-0.2, -0.15) is 0 Å². The fraction of sp³-hybridized carbons (Fsp3) is 0.360. The minimum absolute atomic E-state index is 0.0827. The number of hydrogen-bond acceptors (Lipinski definition) is 2. The largest absolute Gasteiger partial charge is 0.347 e. The van der Waals surface area contributed by atoms with E-state index in [2.05, 4.69) is 21.4 Å². The Balaban J connectivity index is 1.70. The molecule has 0 aliphatic heterocycles. The highest BCUT2D eigenvalue weighted by Crippen LogP contribution is 2.33. The summed E-state index contributed by atoms with van der Waals surface area (Å²) >= 11 is 0. The summed E-state index contributed by atoms with van der Waals surface area (Å²) in [4.78, 5) is 20.0. The second-order valence-electron chi connectivity index (χ2n) is 9.18. The van der Waals surface area contributed by atoms with Crippen LogP contribution < -0.4 is 5.32 Å².